The number of rotatable bonds is 3. The lowest BCUT2D eigenvalue weighted by Crippen LogP contribution is -1.97. The van der Waals surface area contributed by atoms with Gasteiger partial charge < -0.3 is 10.5 Å². The minimum Gasteiger partial charge on any atom is -0.487 e. The van der Waals surface area contributed by atoms with Crippen molar-refractivity contribution in [2.24, 2.45) is 0 Å². The number of nitrogen functional groups attached to an aromatic ring is 1. The second-order valence-electron chi connectivity index (χ2n) is 3.97. The van der Waals surface area contributed by atoms with Crippen LogP contribution in [0.3, 0.4) is 0 Å². The number of hydrogen-bond acceptors (Lipinski definition) is 4. The maximum atomic E-state index is 5.92. The van der Waals surface area contributed by atoms with Crippen LogP contribution in [0.2, 0.25) is 0 Å². The molecule has 0 unspecified atom stereocenters. The maximum absolute atomic E-state index is 5.92. The lowest BCUT2D eigenvalue weighted by Gasteiger charge is -2.09. The lowest BCUT2D eigenvalue weighted by molar-refractivity contribution is 0.310. The molecule has 3 nitrogen and oxygen atoms in total. The normalized spacial score (nSPS) is 10.7. The smallest absolute Gasteiger partial charge is 0.146 e. The van der Waals surface area contributed by atoms with Crippen molar-refractivity contribution in [2.45, 2.75) is 6.61 Å². The van der Waals surface area contributed by atoms with Gasteiger partial charge in [0.1, 0.15) is 17.9 Å². The van der Waals surface area contributed by atoms with Crippen LogP contribution in [0.1, 0.15) is 5.56 Å². The molecule has 0 aliphatic rings. The standard InChI is InChI=1S/C14H12N2OS/c15-12-3-4-13(14-11(12)2-1-6-16-14)17-8-10-5-7-18-9-10/h1-7,9H,8,15H2. The minimum atomic E-state index is 0.555. The summed E-state index contributed by atoms with van der Waals surface area (Å²) in [6.45, 7) is 0.555. The van der Waals surface area contributed by atoms with Crippen molar-refractivity contribution in [3.8, 4) is 5.75 Å². The molecule has 2 N–H and O–H groups in total. The van der Waals surface area contributed by atoms with Gasteiger partial charge >= 0.3 is 0 Å². The summed E-state index contributed by atoms with van der Waals surface area (Å²) in [4.78, 5) is 4.34. The van der Waals surface area contributed by atoms with Crippen molar-refractivity contribution in [3.63, 3.8) is 0 Å². The Morgan fingerprint density at radius 1 is 1.22 bits per heavy atom. The van der Waals surface area contributed by atoms with Crippen LogP contribution in [0, 0.1) is 0 Å². The van der Waals surface area contributed by atoms with Gasteiger partial charge in [0.25, 0.3) is 0 Å². The molecule has 3 aromatic rings. The van der Waals surface area contributed by atoms with Gasteiger partial charge in [-0.3, -0.25) is 4.98 Å². The van der Waals surface area contributed by atoms with Crippen LogP contribution in [0.4, 0.5) is 5.69 Å². The fourth-order valence-corrected chi connectivity index (χ4v) is 2.47. The Bertz CT molecular complexity index is 665. The fraction of sp³-hybridized carbons (Fsp3) is 0.0714. The van der Waals surface area contributed by atoms with E-state index in [0.29, 0.717) is 6.61 Å². The van der Waals surface area contributed by atoms with Crippen LogP contribution in [-0.4, -0.2) is 4.98 Å². The second-order valence-corrected chi connectivity index (χ2v) is 4.75. The number of thiophene rings is 1. The Morgan fingerprint density at radius 2 is 2.17 bits per heavy atom. The van der Waals surface area contributed by atoms with Crippen molar-refractivity contribution in [1.82, 2.24) is 4.98 Å². The Morgan fingerprint density at radius 3 is 3.00 bits per heavy atom. The van der Waals surface area contributed by atoms with Crippen molar-refractivity contribution in [3.05, 3.63) is 52.9 Å². The van der Waals surface area contributed by atoms with Crippen LogP contribution in [0.25, 0.3) is 10.9 Å². The van der Waals surface area contributed by atoms with Gasteiger partial charge in [0.15, 0.2) is 0 Å². The summed E-state index contributed by atoms with van der Waals surface area (Å²) >= 11 is 1.67. The average molecular weight is 256 g/mol. The van der Waals surface area contributed by atoms with Crippen LogP contribution >= 0.6 is 11.3 Å². The number of nitrogens with two attached hydrogens (primary N) is 1. The van der Waals surface area contributed by atoms with E-state index in [-0.39, 0.29) is 0 Å². The first-order chi connectivity index (χ1) is 8.84. The first kappa shape index (κ1) is 11.0. The monoisotopic (exact) mass is 256 g/mol. The number of anilines is 1. The highest BCUT2D eigenvalue weighted by atomic mass is 32.1. The summed E-state index contributed by atoms with van der Waals surface area (Å²) in [6.07, 6.45) is 1.75. The zero-order chi connectivity index (χ0) is 12.4. The topological polar surface area (TPSA) is 48.1 Å². The Balaban J connectivity index is 1.94. The molecule has 0 radical (unpaired) electrons. The Labute approximate surface area is 109 Å². The van der Waals surface area contributed by atoms with E-state index in [9.17, 15) is 0 Å². The van der Waals surface area contributed by atoms with Gasteiger partial charge in [-0.1, -0.05) is 0 Å². The van der Waals surface area contributed by atoms with E-state index >= 15 is 0 Å². The number of hydrogen-bond donors (Lipinski definition) is 1. The molecule has 2 aromatic heterocycles. The van der Waals surface area contributed by atoms with E-state index in [4.69, 9.17) is 10.5 Å². The van der Waals surface area contributed by atoms with Crippen LogP contribution in [-0.2, 0) is 6.61 Å². The van der Waals surface area contributed by atoms with E-state index in [1.807, 2.05) is 29.6 Å². The largest absolute Gasteiger partial charge is 0.487 e. The molecule has 2 heterocycles. The number of nitrogens with zero attached hydrogens (tertiary/aromatic N) is 1. The van der Waals surface area contributed by atoms with Crippen LogP contribution in [0.15, 0.2) is 47.3 Å². The predicted molar refractivity (Wildman–Crippen MR) is 74.8 cm³/mol. The predicted octanol–water partition coefficient (Wildman–Crippen LogP) is 3.46. The molecular weight excluding hydrogens is 244 g/mol. The van der Waals surface area contributed by atoms with Gasteiger partial charge in [-0.15, -0.1) is 0 Å². The fourth-order valence-electron chi connectivity index (χ4n) is 1.82. The molecule has 0 fully saturated rings. The van der Waals surface area contributed by atoms with E-state index < -0.39 is 0 Å². The summed E-state index contributed by atoms with van der Waals surface area (Å²) in [5.41, 5.74) is 8.63. The van der Waals surface area contributed by atoms with E-state index in [1.54, 1.807) is 17.5 Å². The van der Waals surface area contributed by atoms with Crippen molar-refractivity contribution in [1.29, 1.82) is 0 Å². The zero-order valence-electron chi connectivity index (χ0n) is 9.67. The van der Waals surface area contributed by atoms with Crippen molar-refractivity contribution >= 4 is 27.9 Å². The first-order valence-corrected chi connectivity index (χ1v) is 6.56. The third kappa shape index (κ3) is 2.02. The lowest BCUT2D eigenvalue weighted by atomic mass is 10.1. The van der Waals surface area contributed by atoms with Gasteiger partial charge in [-0.05, 0) is 46.7 Å². The molecule has 3 rings (SSSR count). The number of ether oxygens (including phenoxy) is 1. The quantitative estimate of drug-likeness (QED) is 0.730. The number of fused-ring (bicyclic) bond motifs is 1. The molecule has 0 bridgehead atoms. The summed E-state index contributed by atoms with van der Waals surface area (Å²) < 4.78 is 5.81. The average Bonchev–Trinajstić information content (AvgIpc) is 2.92. The molecule has 18 heavy (non-hydrogen) atoms. The number of aromatic nitrogens is 1. The Kier molecular flexibility index (Phi) is 2.86. The van der Waals surface area contributed by atoms with Gasteiger partial charge in [-0.25, -0.2) is 0 Å². The summed E-state index contributed by atoms with van der Waals surface area (Å²) in [6, 6.07) is 9.61. The molecule has 0 saturated heterocycles. The SMILES string of the molecule is Nc1ccc(OCc2ccsc2)c2ncccc12. The van der Waals surface area contributed by atoms with Crippen molar-refractivity contribution < 1.29 is 4.74 Å². The summed E-state index contributed by atoms with van der Waals surface area (Å²) in [5.74, 6) is 0.769. The Hall–Kier alpha value is -2.07. The maximum Gasteiger partial charge on any atom is 0.146 e. The van der Waals surface area contributed by atoms with E-state index in [2.05, 4.69) is 16.4 Å². The third-order valence-electron chi connectivity index (χ3n) is 2.74. The molecule has 0 saturated carbocycles. The summed E-state index contributed by atoms with van der Waals surface area (Å²) in [5, 5.41) is 5.05. The van der Waals surface area contributed by atoms with Gasteiger partial charge in [-0.2, -0.15) is 11.3 Å². The van der Waals surface area contributed by atoms with Crippen LogP contribution < -0.4 is 10.5 Å². The molecule has 0 spiro atoms. The van der Waals surface area contributed by atoms with Gasteiger partial charge in [0.2, 0.25) is 0 Å². The molecule has 0 amide bonds. The second kappa shape index (κ2) is 4.66. The molecule has 1 aromatic carbocycles. The molecular formula is C14H12N2OS. The molecule has 4 heteroatoms. The highest BCUT2D eigenvalue weighted by Gasteiger charge is 2.06. The highest BCUT2D eigenvalue weighted by Crippen LogP contribution is 2.28. The molecule has 0 aliphatic heterocycles. The molecule has 0 atom stereocenters. The van der Waals surface area contributed by atoms with Gasteiger partial charge in [0.05, 0.1) is 0 Å². The minimum absolute atomic E-state index is 0.555. The van der Waals surface area contributed by atoms with Crippen LogP contribution in [0.5, 0.6) is 5.75 Å². The van der Waals surface area contributed by atoms with E-state index in [1.165, 1.54) is 5.56 Å². The third-order valence-corrected chi connectivity index (χ3v) is 3.47. The highest BCUT2D eigenvalue weighted by molar-refractivity contribution is 7.07. The first-order valence-electron chi connectivity index (χ1n) is 5.61. The summed E-state index contributed by atoms with van der Waals surface area (Å²) in [7, 11) is 0. The van der Waals surface area contributed by atoms with E-state index in [0.717, 1.165) is 22.3 Å². The van der Waals surface area contributed by atoms with Crippen molar-refractivity contribution in [2.75, 3.05) is 5.73 Å². The zero-order valence-corrected chi connectivity index (χ0v) is 10.5. The number of benzene rings is 1. The molecule has 90 valence electrons. The van der Waals surface area contributed by atoms with Gasteiger partial charge in [0, 0.05) is 17.3 Å². The molecule has 0 aliphatic carbocycles. The number of pyridine rings is 1.